The number of rotatable bonds is 5. The third kappa shape index (κ3) is 3.53. The molecule has 1 aliphatic rings. The lowest BCUT2D eigenvalue weighted by Crippen LogP contribution is -2.39. The third-order valence-corrected chi connectivity index (χ3v) is 6.16. The van der Waals surface area contributed by atoms with Crippen LogP contribution in [-0.2, 0) is 0 Å². The van der Waals surface area contributed by atoms with Gasteiger partial charge < -0.3 is 20.2 Å². The minimum absolute atomic E-state index is 0.0148. The Balaban J connectivity index is 1.73. The van der Waals surface area contributed by atoms with Crippen molar-refractivity contribution in [1.29, 1.82) is 0 Å². The highest BCUT2D eigenvalue weighted by Gasteiger charge is 2.35. The smallest absolute Gasteiger partial charge is 0.253 e. The number of hydrogen-bond donors (Lipinski definition) is 4. The van der Waals surface area contributed by atoms with Crippen molar-refractivity contribution in [2.75, 3.05) is 10.6 Å². The average Bonchev–Trinajstić information content (AvgIpc) is 3.18. The highest BCUT2D eigenvalue weighted by atomic mass is 19.1. The topological polar surface area (TPSA) is 104 Å². The maximum absolute atomic E-state index is 14.7. The number of aliphatic hydroxyl groups excluding tert-OH is 1. The number of benzene rings is 1. The van der Waals surface area contributed by atoms with E-state index in [0.717, 1.165) is 16.9 Å². The molecule has 3 atom stereocenters. The summed E-state index contributed by atoms with van der Waals surface area (Å²) in [7, 11) is 0. The van der Waals surface area contributed by atoms with Crippen molar-refractivity contribution in [2.45, 2.75) is 59.9 Å². The van der Waals surface area contributed by atoms with Gasteiger partial charge in [0.2, 0.25) is 0 Å². The van der Waals surface area contributed by atoms with Gasteiger partial charge in [0.25, 0.3) is 10.9 Å². The van der Waals surface area contributed by atoms with Crippen LogP contribution in [0.25, 0.3) is 0 Å². The summed E-state index contributed by atoms with van der Waals surface area (Å²) >= 11 is 0. The molecule has 0 amide bonds. The van der Waals surface area contributed by atoms with E-state index in [9.17, 15) is 19.1 Å². The fraction of sp³-hybridized carbons (Fsp3) is 0.417. The molecule has 3 aromatic rings. The summed E-state index contributed by atoms with van der Waals surface area (Å²) in [6, 6.07) is 4.20. The first kappa shape index (κ1) is 22.2. The molecule has 0 saturated heterocycles. The van der Waals surface area contributed by atoms with Crippen molar-refractivity contribution in [3.8, 4) is 0 Å². The molecule has 7 nitrogen and oxygen atoms in total. The van der Waals surface area contributed by atoms with Gasteiger partial charge >= 0.3 is 0 Å². The molecule has 0 fully saturated rings. The zero-order chi connectivity index (χ0) is 23.5. The maximum atomic E-state index is 14.7. The molecule has 32 heavy (non-hydrogen) atoms. The number of fused-ring (bicyclic) bond motifs is 1. The average molecular weight is 442 g/mol. The first-order chi connectivity index (χ1) is 14.9. The number of anilines is 3. The van der Waals surface area contributed by atoms with Gasteiger partial charge in [-0.15, -0.1) is 0 Å². The van der Waals surface area contributed by atoms with Crippen molar-refractivity contribution in [3.05, 3.63) is 72.7 Å². The zero-order valence-electron chi connectivity index (χ0n) is 19.0. The lowest BCUT2D eigenvalue weighted by atomic mass is 9.84. The molecule has 170 valence electrons. The van der Waals surface area contributed by atoms with Crippen LogP contribution in [0.4, 0.5) is 21.5 Å². The molecule has 0 spiro atoms. The molecule has 2 aromatic carbocycles. The summed E-state index contributed by atoms with van der Waals surface area (Å²) in [6.45, 7) is 11.6. The Bertz CT molecular complexity index is 1240. The second-order valence-electron chi connectivity index (χ2n) is 9.58. The van der Waals surface area contributed by atoms with Gasteiger partial charge in [0.05, 0.1) is 11.7 Å². The number of nitrogens with one attached hydrogen (secondary N) is 3. The molecule has 4 N–H and O–H groups in total. The van der Waals surface area contributed by atoms with Crippen molar-refractivity contribution in [1.82, 2.24) is 5.32 Å². The SMILES string of the molecule is Cc1cc([C@H](Nc2c(Nc3c(F)ccc4c3C(O)N[C@H]4C)c(=O)c2=O)C(C)(C)C)oc1C. The summed E-state index contributed by atoms with van der Waals surface area (Å²) < 4.78 is 20.6. The number of furan rings is 1. The van der Waals surface area contributed by atoms with Gasteiger partial charge in [-0.25, -0.2) is 4.39 Å². The summed E-state index contributed by atoms with van der Waals surface area (Å²) in [5.41, 5.74) is 0.304. The molecule has 4 rings (SSSR count). The Kier molecular flexibility index (Phi) is 5.26. The van der Waals surface area contributed by atoms with E-state index >= 15 is 0 Å². The van der Waals surface area contributed by atoms with Crippen molar-refractivity contribution >= 4 is 17.1 Å². The van der Waals surface area contributed by atoms with E-state index in [0.29, 0.717) is 11.3 Å². The highest BCUT2D eigenvalue weighted by Crippen LogP contribution is 2.41. The molecule has 0 saturated carbocycles. The van der Waals surface area contributed by atoms with Crippen LogP contribution in [0.3, 0.4) is 0 Å². The van der Waals surface area contributed by atoms with Crippen LogP contribution in [0.5, 0.6) is 0 Å². The van der Waals surface area contributed by atoms with Crippen molar-refractivity contribution < 1.29 is 13.9 Å². The van der Waals surface area contributed by atoms with Crippen LogP contribution >= 0.6 is 0 Å². The minimum atomic E-state index is -1.09. The maximum Gasteiger partial charge on any atom is 0.253 e. The molecule has 1 aromatic heterocycles. The molecule has 0 radical (unpaired) electrons. The predicted molar refractivity (Wildman–Crippen MR) is 122 cm³/mol. The lowest BCUT2D eigenvalue weighted by molar-refractivity contribution is 0.144. The summed E-state index contributed by atoms with van der Waals surface area (Å²) in [5.74, 6) is 0.797. The van der Waals surface area contributed by atoms with E-state index in [1.807, 2.05) is 47.6 Å². The van der Waals surface area contributed by atoms with Crippen LogP contribution in [0, 0.1) is 25.1 Å². The Hall–Kier alpha value is -2.97. The number of aryl methyl sites for hydroxylation is 2. The van der Waals surface area contributed by atoms with E-state index in [4.69, 9.17) is 4.42 Å². The van der Waals surface area contributed by atoms with Crippen molar-refractivity contribution in [3.63, 3.8) is 0 Å². The van der Waals surface area contributed by atoms with E-state index in [2.05, 4.69) is 16.0 Å². The fourth-order valence-corrected chi connectivity index (χ4v) is 4.19. The van der Waals surface area contributed by atoms with Crippen molar-refractivity contribution in [2.24, 2.45) is 5.41 Å². The third-order valence-electron chi connectivity index (χ3n) is 6.16. The van der Waals surface area contributed by atoms with Gasteiger partial charge in [-0.3, -0.25) is 14.9 Å². The van der Waals surface area contributed by atoms with Crippen LogP contribution in [0.2, 0.25) is 0 Å². The normalized spacial score (nSPS) is 19.2. The molecular weight excluding hydrogens is 413 g/mol. The number of aliphatic hydroxyl groups is 1. The number of halogens is 1. The van der Waals surface area contributed by atoms with E-state index in [-0.39, 0.29) is 28.5 Å². The molecule has 0 bridgehead atoms. The van der Waals surface area contributed by atoms with Gasteiger partial charge in [0.1, 0.15) is 34.9 Å². The second-order valence-corrected chi connectivity index (χ2v) is 9.58. The van der Waals surface area contributed by atoms with Gasteiger partial charge in [-0.2, -0.15) is 0 Å². The quantitative estimate of drug-likeness (QED) is 0.439. The van der Waals surface area contributed by atoms with E-state index in [1.54, 1.807) is 6.07 Å². The predicted octanol–water partition coefficient (Wildman–Crippen LogP) is 4.23. The Morgan fingerprint density at radius 2 is 1.78 bits per heavy atom. The first-order valence-corrected chi connectivity index (χ1v) is 10.6. The Morgan fingerprint density at radius 1 is 1.12 bits per heavy atom. The van der Waals surface area contributed by atoms with Gasteiger partial charge in [0.15, 0.2) is 0 Å². The monoisotopic (exact) mass is 441 g/mol. The second kappa shape index (κ2) is 7.56. The number of hydrogen-bond acceptors (Lipinski definition) is 7. The summed E-state index contributed by atoms with van der Waals surface area (Å²) in [5, 5.41) is 19.2. The molecule has 8 heteroatoms. The van der Waals surface area contributed by atoms with Gasteiger partial charge in [-0.1, -0.05) is 26.8 Å². The lowest BCUT2D eigenvalue weighted by Gasteiger charge is -2.31. The summed E-state index contributed by atoms with van der Waals surface area (Å²) in [6.07, 6.45) is -1.09. The molecular formula is C24H28FN3O4. The molecule has 0 aliphatic carbocycles. The zero-order valence-corrected chi connectivity index (χ0v) is 19.0. The van der Waals surface area contributed by atoms with Crippen LogP contribution < -0.4 is 26.8 Å². The van der Waals surface area contributed by atoms with Gasteiger partial charge in [0, 0.05) is 11.6 Å². The van der Waals surface area contributed by atoms with Crippen LogP contribution in [0.1, 0.15) is 74.2 Å². The van der Waals surface area contributed by atoms with E-state index in [1.165, 1.54) is 6.07 Å². The van der Waals surface area contributed by atoms with Crippen LogP contribution in [-0.4, -0.2) is 5.11 Å². The fourth-order valence-electron chi connectivity index (χ4n) is 4.19. The minimum Gasteiger partial charge on any atom is -0.464 e. The standard InChI is InChI=1S/C24H28FN3O4/c1-10-9-15(32-12(10)3)22(24(4,5)6)28-19-18(20(29)21(19)30)27-17-14(25)8-7-13-11(2)26-23(31)16(13)17/h7-9,11,22-23,26-28,31H,1-6H3/t11-,22-,23?/m0/s1. The highest BCUT2D eigenvalue weighted by molar-refractivity contribution is 5.81. The Morgan fingerprint density at radius 3 is 2.38 bits per heavy atom. The first-order valence-electron chi connectivity index (χ1n) is 10.6. The molecule has 2 heterocycles. The summed E-state index contributed by atoms with van der Waals surface area (Å²) in [4.78, 5) is 24.9. The Labute approximate surface area is 185 Å². The molecule has 1 aliphatic heterocycles. The largest absolute Gasteiger partial charge is 0.464 e. The van der Waals surface area contributed by atoms with E-state index < -0.39 is 28.9 Å². The van der Waals surface area contributed by atoms with Crippen LogP contribution in [0.15, 0.2) is 32.2 Å². The molecule has 1 unspecified atom stereocenters. The van der Waals surface area contributed by atoms with Gasteiger partial charge in [-0.05, 0) is 49.4 Å².